The molecule has 6 nitrogen and oxygen atoms in total. The standard InChI is InChI=1S/C27H33N5O/c1-32(2)25-23-11-5-6-13-24(23)30-27(31-25)29-20-16-14-19(15-17-20)28-26(33)22-12-7-9-18-8-3-4-10-21(18)22/h3-4,7-10,12,19-20H,5-6,11,13-17H2,1-2H3,(H,28,33)(H,29,30,31). The molecule has 2 aliphatic carbocycles. The smallest absolute Gasteiger partial charge is 0.252 e. The molecule has 2 aromatic carbocycles. The van der Waals surface area contributed by atoms with Crippen LogP contribution in [0, 0.1) is 0 Å². The van der Waals surface area contributed by atoms with Gasteiger partial charge in [0.25, 0.3) is 5.91 Å². The zero-order valence-electron chi connectivity index (χ0n) is 19.6. The van der Waals surface area contributed by atoms with Crippen molar-refractivity contribution >= 4 is 28.4 Å². The second-order valence-corrected chi connectivity index (χ2v) is 9.59. The SMILES string of the molecule is CN(C)c1nc(NC2CCC(NC(=O)c3cccc4ccccc34)CC2)nc2c1CCCC2. The Kier molecular flexibility index (Phi) is 6.16. The van der Waals surface area contributed by atoms with Gasteiger partial charge in [-0.1, -0.05) is 36.4 Å². The van der Waals surface area contributed by atoms with Crippen molar-refractivity contribution in [2.45, 2.75) is 63.5 Å². The minimum absolute atomic E-state index is 0.0249. The molecule has 1 fully saturated rings. The zero-order valence-corrected chi connectivity index (χ0v) is 19.6. The van der Waals surface area contributed by atoms with E-state index in [9.17, 15) is 4.79 Å². The molecule has 0 bridgehead atoms. The molecule has 1 saturated carbocycles. The summed E-state index contributed by atoms with van der Waals surface area (Å²) in [4.78, 5) is 24.8. The van der Waals surface area contributed by atoms with Crippen molar-refractivity contribution in [1.82, 2.24) is 15.3 Å². The normalized spacial score (nSPS) is 20.2. The van der Waals surface area contributed by atoms with E-state index in [1.54, 1.807) is 0 Å². The molecule has 1 aromatic heterocycles. The summed E-state index contributed by atoms with van der Waals surface area (Å²) < 4.78 is 0. The minimum atomic E-state index is 0.0249. The van der Waals surface area contributed by atoms with E-state index in [-0.39, 0.29) is 11.9 Å². The third-order valence-electron chi connectivity index (χ3n) is 7.01. The number of hydrogen-bond donors (Lipinski definition) is 2. The van der Waals surface area contributed by atoms with Gasteiger partial charge in [-0.05, 0) is 68.2 Å². The van der Waals surface area contributed by atoms with E-state index < -0.39 is 0 Å². The van der Waals surface area contributed by atoms with Crippen LogP contribution in [0.4, 0.5) is 11.8 Å². The van der Waals surface area contributed by atoms with Gasteiger partial charge in [-0.2, -0.15) is 4.98 Å². The van der Waals surface area contributed by atoms with Crippen LogP contribution >= 0.6 is 0 Å². The third-order valence-corrected chi connectivity index (χ3v) is 7.01. The molecule has 0 aliphatic heterocycles. The number of rotatable bonds is 5. The van der Waals surface area contributed by atoms with Gasteiger partial charge in [0.2, 0.25) is 5.95 Å². The first kappa shape index (κ1) is 21.7. The fraction of sp³-hybridized carbons (Fsp3) is 0.444. The van der Waals surface area contributed by atoms with Crippen LogP contribution in [0.5, 0.6) is 0 Å². The topological polar surface area (TPSA) is 70.2 Å². The van der Waals surface area contributed by atoms with E-state index in [1.807, 2.05) is 42.5 Å². The molecule has 33 heavy (non-hydrogen) atoms. The summed E-state index contributed by atoms with van der Waals surface area (Å²) in [5, 5.41) is 8.97. The monoisotopic (exact) mass is 443 g/mol. The average Bonchev–Trinajstić information content (AvgIpc) is 2.84. The number of amides is 1. The largest absolute Gasteiger partial charge is 0.362 e. The van der Waals surface area contributed by atoms with Crippen molar-refractivity contribution in [2.24, 2.45) is 0 Å². The van der Waals surface area contributed by atoms with Gasteiger partial charge >= 0.3 is 0 Å². The molecule has 0 unspecified atom stereocenters. The molecule has 0 saturated heterocycles. The van der Waals surface area contributed by atoms with Gasteiger partial charge in [-0.3, -0.25) is 4.79 Å². The van der Waals surface area contributed by atoms with Crippen LogP contribution in [-0.4, -0.2) is 42.1 Å². The second-order valence-electron chi connectivity index (χ2n) is 9.59. The number of nitrogens with one attached hydrogen (secondary N) is 2. The van der Waals surface area contributed by atoms with Crippen molar-refractivity contribution in [3.8, 4) is 0 Å². The third kappa shape index (κ3) is 4.65. The fourth-order valence-corrected chi connectivity index (χ4v) is 5.26. The quantitative estimate of drug-likeness (QED) is 0.597. The Morgan fingerprint density at radius 2 is 1.64 bits per heavy atom. The van der Waals surface area contributed by atoms with E-state index in [0.29, 0.717) is 6.04 Å². The number of carbonyl (C=O) groups excluding carboxylic acids is 1. The number of anilines is 2. The molecule has 1 amide bonds. The van der Waals surface area contributed by atoms with Gasteiger partial charge in [0.15, 0.2) is 0 Å². The number of carbonyl (C=O) groups is 1. The molecule has 1 heterocycles. The lowest BCUT2D eigenvalue weighted by Crippen LogP contribution is -2.40. The highest BCUT2D eigenvalue weighted by Crippen LogP contribution is 2.29. The maximum atomic E-state index is 13.0. The van der Waals surface area contributed by atoms with E-state index >= 15 is 0 Å². The predicted octanol–water partition coefficient (Wildman–Crippen LogP) is 4.73. The number of benzene rings is 2. The summed E-state index contributed by atoms with van der Waals surface area (Å²) in [7, 11) is 4.12. The Bertz CT molecular complexity index is 1150. The lowest BCUT2D eigenvalue weighted by Gasteiger charge is -2.30. The van der Waals surface area contributed by atoms with Crippen LogP contribution in [0.15, 0.2) is 42.5 Å². The van der Waals surface area contributed by atoms with Gasteiger partial charge in [0.05, 0.1) is 5.69 Å². The summed E-state index contributed by atoms with van der Waals surface area (Å²) >= 11 is 0. The van der Waals surface area contributed by atoms with E-state index in [2.05, 4.69) is 29.6 Å². The lowest BCUT2D eigenvalue weighted by molar-refractivity contribution is 0.0928. The first-order valence-corrected chi connectivity index (χ1v) is 12.2. The number of aryl methyl sites for hydroxylation is 1. The zero-order chi connectivity index (χ0) is 22.8. The number of nitrogens with zero attached hydrogens (tertiary/aromatic N) is 3. The number of hydrogen-bond acceptors (Lipinski definition) is 5. The molecule has 3 aromatic rings. The molecule has 172 valence electrons. The van der Waals surface area contributed by atoms with Crippen LogP contribution < -0.4 is 15.5 Å². The second kappa shape index (κ2) is 9.38. The molecular formula is C27H33N5O. The molecule has 0 radical (unpaired) electrons. The van der Waals surface area contributed by atoms with Gasteiger partial charge in [-0.25, -0.2) is 4.98 Å². The van der Waals surface area contributed by atoms with Crippen molar-refractivity contribution in [2.75, 3.05) is 24.3 Å². The van der Waals surface area contributed by atoms with E-state index in [0.717, 1.165) is 66.6 Å². The highest BCUT2D eigenvalue weighted by molar-refractivity contribution is 6.07. The van der Waals surface area contributed by atoms with E-state index in [1.165, 1.54) is 24.1 Å². The van der Waals surface area contributed by atoms with Crippen LogP contribution in [0.25, 0.3) is 10.8 Å². The van der Waals surface area contributed by atoms with Crippen LogP contribution in [0.3, 0.4) is 0 Å². The Labute approximate surface area is 195 Å². The van der Waals surface area contributed by atoms with Crippen LogP contribution in [0.1, 0.15) is 60.1 Å². The van der Waals surface area contributed by atoms with Gasteiger partial charge < -0.3 is 15.5 Å². The predicted molar refractivity (Wildman–Crippen MR) is 134 cm³/mol. The number of aromatic nitrogens is 2. The van der Waals surface area contributed by atoms with Crippen LogP contribution in [-0.2, 0) is 12.8 Å². The van der Waals surface area contributed by atoms with Crippen molar-refractivity contribution < 1.29 is 4.79 Å². The lowest BCUT2D eigenvalue weighted by atomic mass is 9.91. The van der Waals surface area contributed by atoms with Crippen LogP contribution in [0.2, 0.25) is 0 Å². The fourth-order valence-electron chi connectivity index (χ4n) is 5.26. The first-order valence-electron chi connectivity index (χ1n) is 12.2. The minimum Gasteiger partial charge on any atom is -0.362 e. The van der Waals surface area contributed by atoms with Gasteiger partial charge in [0, 0.05) is 37.3 Å². The van der Waals surface area contributed by atoms with Crippen molar-refractivity contribution in [3.05, 3.63) is 59.3 Å². The summed E-state index contributed by atoms with van der Waals surface area (Å²) in [6.45, 7) is 0. The van der Waals surface area contributed by atoms with Crippen molar-refractivity contribution in [1.29, 1.82) is 0 Å². The van der Waals surface area contributed by atoms with Gasteiger partial charge in [-0.15, -0.1) is 0 Å². The molecule has 2 aliphatic rings. The summed E-state index contributed by atoms with van der Waals surface area (Å²) in [6, 6.07) is 14.5. The summed E-state index contributed by atoms with van der Waals surface area (Å²) in [5.41, 5.74) is 3.28. The Hall–Kier alpha value is -3.15. The Balaban J connectivity index is 1.21. The average molecular weight is 444 g/mol. The molecule has 2 N–H and O–H groups in total. The molecule has 0 spiro atoms. The summed E-state index contributed by atoms with van der Waals surface area (Å²) in [6.07, 6.45) is 8.46. The highest BCUT2D eigenvalue weighted by Gasteiger charge is 2.25. The maximum absolute atomic E-state index is 13.0. The Morgan fingerprint density at radius 3 is 2.45 bits per heavy atom. The van der Waals surface area contributed by atoms with Gasteiger partial charge in [0.1, 0.15) is 5.82 Å². The molecule has 6 heteroatoms. The maximum Gasteiger partial charge on any atom is 0.252 e. The molecule has 0 atom stereocenters. The molecular weight excluding hydrogens is 410 g/mol. The summed E-state index contributed by atoms with van der Waals surface area (Å²) in [5.74, 6) is 1.83. The molecule has 5 rings (SSSR count). The highest BCUT2D eigenvalue weighted by atomic mass is 16.1. The first-order chi connectivity index (χ1) is 16.1. The van der Waals surface area contributed by atoms with E-state index in [4.69, 9.17) is 9.97 Å². The van der Waals surface area contributed by atoms with Crippen molar-refractivity contribution in [3.63, 3.8) is 0 Å². The Morgan fingerprint density at radius 1 is 0.909 bits per heavy atom. The number of fused-ring (bicyclic) bond motifs is 2.